The van der Waals surface area contributed by atoms with Crippen molar-refractivity contribution < 1.29 is 0 Å². The van der Waals surface area contributed by atoms with E-state index in [1.807, 2.05) is 60.9 Å². The Bertz CT molecular complexity index is 1480. The number of hydrogen-bond acceptors (Lipinski definition) is 6. The van der Waals surface area contributed by atoms with E-state index >= 15 is 0 Å². The molecule has 0 spiro atoms. The van der Waals surface area contributed by atoms with Gasteiger partial charge in [0.1, 0.15) is 17.5 Å². The Hall–Kier alpha value is -4.07. The Balaban J connectivity index is 1.80. The van der Waals surface area contributed by atoms with Gasteiger partial charge in [0, 0.05) is 5.69 Å². The van der Waals surface area contributed by atoms with Crippen LogP contribution in [0.2, 0.25) is 0 Å². The first-order chi connectivity index (χ1) is 14.5. The number of pyridine rings is 1. The van der Waals surface area contributed by atoms with Crippen LogP contribution in [0.5, 0.6) is 0 Å². The lowest BCUT2D eigenvalue weighted by molar-refractivity contribution is 0.783. The number of benzene rings is 1. The standard InChI is InChI=1S/C22H19N7O/c1-13-6-3-4-8-15(13)18-16(27-17-9-5-7-14(2)29(17)22(18)30)10-28-12-26-19-20(23)24-11-25-21(19)28/h3-9,11-12H,10H2,1-2H3,(H2,23,24,25). The van der Waals surface area contributed by atoms with Crippen molar-refractivity contribution in [3.05, 3.63) is 82.4 Å². The van der Waals surface area contributed by atoms with Crippen LogP contribution in [0.3, 0.4) is 0 Å². The van der Waals surface area contributed by atoms with Gasteiger partial charge in [0.2, 0.25) is 0 Å². The average Bonchev–Trinajstić information content (AvgIpc) is 3.13. The predicted octanol–water partition coefficient (Wildman–Crippen LogP) is 2.75. The van der Waals surface area contributed by atoms with Crippen molar-refractivity contribution in [3.63, 3.8) is 0 Å². The summed E-state index contributed by atoms with van der Waals surface area (Å²) >= 11 is 0. The summed E-state index contributed by atoms with van der Waals surface area (Å²) in [6, 6.07) is 13.5. The van der Waals surface area contributed by atoms with Gasteiger partial charge in [0.15, 0.2) is 11.5 Å². The highest BCUT2D eigenvalue weighted by Gasteiger charge is 2.19. The molecule has 0 saturated heterocycles. The fourth-order valence-corrected chi connectivity index (χ4v) is 3.80. The monoisotopic (exact) mass is 397 g/mol. The Morgan fingerprint density at radius 2 is 1.83 bits per heavy atom. The highest BCUT2D eigenvalue weighted by atomic mass is 16.1. The van der Waals surface area contributed by atoms with E-state index < -0.39 is 0 Å². The number of aromatic nitrogens is 6. The number of nitrogen functional groups attached to an aromatic ring is 1. The molecule has 0 fully saturated rings. The van der Waals surface area contributed by atoms with Gasteiger partial charge < -0.3 is 10.3 Å². The van der Waals surface area contributed by atoms with Crippen LogP contribution in [0.25, 0.3) is 27.9 Å². The largest absolute Gasteiger partial charge is 0.382 e. The second-order valence-electron chi connectivity index (χ2n) is 7.22. The van der Waals surface area contributed by atoms with Gasteiger partial charge in [-0.3, -0.25) is 9.20 Å². The summed E-state index contributed by atoms with van der Waals surface area (Å²) in [6.07, 6.45) is 3.06. The van der Waals surface area contributed by atoms with E-state index in [9.17, 15) is 4.79 Å². The molecule has 4 aromatic heterocycles. The van der Waals surface area contributed by atoms with E-state index in [0.717, 1.165) is 16.8 Å². The summed E-state index contributed by atoms with van der Waals surface area (Å²) in [5.41, 5.74) is 11.5. The van der Waals surface area contributed by atoms with Crippen LogP contribution in [0, 0.1) is 13.8 Å². The highest BCUT2D eigenvalue weighted by molar-refractivity contribution is 5.81. The van der Waals surface area contributed by atoms with Gasteiger partial charge in [-0.1, -0.05) is 30.3 Å². The maximum Gasteiger partial charge on any atom is 0.266 e. The Morgan fingerprint density at radius 1 is 1.00 bits per heavy atom. The van der Waals surface area contributed by atoms with Crippen LogP contribution >= 0.6 is 0 Å². The first-order valence-corrected chi connectivity index (χ1v) is 9.53. The Labute approximate surface area is 171 Å². The van der Waals surface area contributed by atoms with E-state index in [1.165, 1.54) is 6.33 Å². The quantitative estimate of drug-likeness (QED) is 0.502. The maximum absolute atomic E-state index is 13.6. The first kappa shape index (κ1) is 18.0. The molecule has 0 radical (unpaired) electrons. The number of nitrogens with zero attached hydrogens (tertiary/aromatic N) is 6. The van der Waals surface area contributed by atoms with Gasteiger partial charge in [-0.2, -0.15) is 0 Å². The smallest absolute Gasteiger partial charge is 0.266 e. The second kappa shape index (κ2) is 6.77. The topological polar surface area (TPSA) is 104 Å². The summed E-state index contributed by atoms with van der Waals surface area (Å²) in [5, 5.41) is 0. The summed E-state index contributed by atoms with van der Waals surface area (Å²) < 4.78 is 3.49. The number of nitrogens with two attached hydrogens (primary N) is 1. The SMILES string of the molecule is Cc1ccccc1-c1c(Cn2cnc3c(N)ncnc32)nc2cccc(C)n2c1=O. The fraction of sp³-hybridized carbons (Fsp3) is 0.136. The van der Waals surface area contributed by atoms with Gasteiger partial charge in [-0.25, -0.2) is 19.9 Å². The van der Waals surface area contributed by atoms with Crippen LogP contribution in [-0.2, 0) is 6.54 Å². The van der Waals surface area contributed by atoms with Crippen LogP contribution < -0.4 is 11.3 Å². The molecule has 0 amide bonds. The van der Waals surface area contributed by atoms with Gasteiger partial charge >= 0.3 is 0 Å². The molecule has 4 heterocycles. The minimum absolute atomic E-state index is 0.0963. The van der Waals surface area contributed by atoms with Crippen LogP contribution in [0.1, 0.15) is 17.0 Å². The lowest BCUT2D eigenvalue weighted by Gasteiger charge is -2.14. The molecule has 5 rings (SSSR count). The number of hydrogen-bond donors (Lipinski definition) is 1. The van der Waals surface area contributed by atoms with Crippen molar-refractivity contribution in [3.8, 4) is 11.1 Å². The molecule has 2 N–H and O–H groups in total. The molecule has 0 unspecified atom stereocenters. The van der Waals surface area contributed by atoms with Crippen molar-refractivity contribution in [1.82, 2.24) is 28.9 Å². The zero-order chi connectivity index (χ0) is 20.8. The van der Waals surface area contributed by atoms with E-state index in [-0.39, 0.29) is 5.56 Å². The number of imidazole rings is 1. The number of anilines is 1. The minimum atomic E-state index is -0.0963. The molecule has 0 saturated carbocycles. The lowest BCUT2D eigenvalue weighted by atomic mass is 10.00. The normalized spacial score (nSPS) is 11.4. The fourth-order valence-electron chi connectivity index (χ4n) is 3.80. The van der Waals surface area contributed by atoms with Crippen LogP contribution in [0.4, 0.5) is 5.82 Å². The molecule has 0 aliphatic rings. The number of aryl methyl sites for hydroxylation is 2. The number of fused-ring (bicyclic) bond motifs is 2. The molecule has 148 valence electrons. The highest BCUT2D eigenvalue weighted by Crippen LogP contribution is 2.25. The zero-order valence-corrected chi connectivity index (χ0v) is 16.6. The molecule has 0 atom stereocenters. The van der Waals surface area contributed by atoms with Crippen LogP contribution in [0.15, 0.2) is 59.9 Å². The molecule has 0 aliphatic carbocycles. The Kier molecular flexibility index (Phi) is 4.06. The molecule has 30 heavy (non-hydrogen) atoms. The van der Waals surface area contributed by atoms with Crippen molar-refractivity contribution in [2.75, 3.05) is 5.73 Å². The van der Waals surface area contributed by atoms with Crippen molar-refractivity contribution in [2.24, 2.45) is 0 Å². The third-order valence-electron chi connectivity index (χ3n) is 5.28. The summed E-state index contributed by atoms with van der Waals surface area (Å²) in [6.45, 7) is 4.22. The molecule has 8 heteroatoms. The van der Waals surface area contributed by atoms with Crippen molar-refractivity contribution in [1.29, 1.82) is 0 Å². The van der Waals surface area contributed by atoms with E-state index in [2.05, 4.69) is 15.0 Å². The lowest BCUT2D eigenvalue weighted by Crippen LogP contribution is -2.23. The molecule has 0 bridgehead atoms. The van der Waals surface area contributed by atoms with Gasteiger partial charge in [0.05, 0.1) is 24.1 Å². The first-order valence-electron chi connectivity index (χ1n) is 9.53. The van der Waals surface area contributed by atoms with E-state index in [0.29, 0.717) is 40.4 Å². The molecular formula is C22H19N7O. The summed E-state index contributed by atoms with van der Waals surface area (Å²) in [7, 11) is 0. The number of rotatable bonds is 3. The summed E-state index contributed by atoms with van der Waals surface area (Å²) in [4.78, 5) is 31.1. The summed E-state index contributed by atoms with van der Waals surface area (Å²) in [5.74, 6) is 0.319. The molecular weight excluding hydrogens is 378 g/mol. The van der Waals surface area contributed by atoms with Crippen molar-refractivity contribution in [2.45, 2.75) is 20.4 Å². The average molecular weight is 397 g/mol. The van der Waals surface area contributed by atoms with E-state index in [4.69, 9.17) is 10.7 Å². The van der Waals surface area contributed by atoms with Crippen LogP contribution in [-0.4, -0.2) is 28.9 Å². The maximum atomic E-state index is 13.6. The third kappa shape index (κ3) is 2.73. The zero-order valence-electron chi connectivity index (χ0n) is 16.6. The molecule has 1 aromatic carbocycles. The second-order valence-corrected chi connectivity index (χ2v) is 7.22. The predicted molar refractivity (Wildman–Crippen MR) is 115 cm³/mol. The van der Waals surface area contributed by atoms with E-state index in [1.54, 1.807) is 10.7 Å². The molecule has 8 nitrogen and oxygen atoms in total. The molecule has 0 aliphatic heterocycles. The molecule has 5 aromatic rings. The Morgan fingerprint density at radius 3 is 2.67 bits per heavy atom. The van der Waals surface area contributed by atoms with Gasteiger partial charge in [0.25, 0.3) is 5.56 Å². The third-order valence-corrected chi connectivity index (χ3v) is 5.28. The van der Waals surface area contributed by atoms with Gasteiger partial charge in [-0.05, 0) is 37.1 Å². The minimum Gasteiger partial charge on any atom is -0.382 e. The van der Waals surface area contributed by atoms with Crippen molar-refractivity contribution >= 4 is 22.6 Å². The van der Waals surface area contributed by atoms with Gasteiger partial charge in [-0.15, -0.1) is 0 Å².